The highest BCUT2D eigenvalue weighted by molar-refractivity contribution is 6.02. The van der Waals surface area contributed by atoms with E-state index in [4.69, 9.17) is 14.5 Å². The lowest BCUT2D eigenvalue weighted by molar-refractivity contribution is 0.00619. The highest BCUT2D eigenvalue weighted by Crippen LogP contribution is 2.35. The molecule has 1 fully saturated rings. The summed E-state index contributed by atoms with van der Waals surface area (Å²) in [5.74, 6) is 1.47. The summed E-state index contributed by atoms with van der Waals surface area (Å²) in [6, 6.07) is 4.76. The second kappa shape index (κ2) is 7.88. The van der Waals surface area contributed by atoms with Crippen LogP contribution in [0.3, 0.4) is 0 Å². The largest absolute Gasteiger partial charge is 0.493 e. The zero-order chi connectivity index (χ0) is 21.5. The lowest BCUT2D eigenvalue weighted by atomic mass is 10.0. The number of fused-ring (bicyclic) bond motifs is 3. The van der Waals surface area contributed by atoms with Crippen LogP contribution in [0.25, 0.3) is 21.9 Å². The quantitative estimate of drug-likeness (QED) is 0.469. The second-order valence-corrected chi connectivity index (χ2v) is 7.90. The summed E-state index contributed by atoms with van der Waals surface area (Å²) in [4.78, 5) is 9.30. The number of alkyl halides is 2. The minimum Gasteiger partial charge on any atom is -0.493 e. The Morgan fingerprint density at radius 1 is 1.26 bits per heavy atom. The van der Waals surface area contributed by atoms with Gasteiger partial charge in [-0.15, -0.1) is 0 Å². The Labute approximate surface area is 177 Å². The molecule has 0 amide bonds. The first-order valence-electron chi connectivity index (χ1n) is 10.3. The summed E-state index contributed by atoms with van der Waals surface area (Å²) in [6.07, 6.45) is 4.38. The second-order valence-electron chi connectivity index (χ2n) is 7.90. The fourth-order valence-electron chi connectivity index (χ4n) is 4.37. The molecule has 7 nitrogen and oxygen atoms in total. The number of methoxy groups -OCH3 is 1. The molecule has 31 heavy (non-hydrogen) atoms. The maximum atomic E-state index is 13.4. The van der Waals surface area contributed by atoms with Crippen molar-refractivity contribution in [2.45, 2.75) is 44.9 Å². The van der Waals surface area contributed by atoms with Gasteiger partial charge in [-0.05, 0) is 31.9 Å². The Balaban J connectivity index is 1.72. The van der Waals surface area contributed by atoms with Crippen molar-refractivity contribution in [2.24, 2.45) is 0 Å². The topological polar surface area (TPSA) is 67.0 Å². The molecule has 0 unspecified atom stereocenters. The predicted molar refractivity (Wildman–Crippen MR) is 112 cm³/mol. The van der Waals surface area contributed by atoms with Gasteiger partial charge in [-0.3, -0.25) is 9.67 Å². The molecule has 9 heteroatoms. The molecule has 0 bridgehead atoms. The molecule has 162 valence electrons. The zero-order valence-corrected chi connectivity index (χ0v) is 17.3. The van der Waals surface area contributed by atoms with Gasteiger partial charge in [0.1, 0.15) is 11.3 Å². The van der Waals surface area contributed by atoms with Crippen LogP contribution in [0.4, 0.5) is 8.78 Å². The van der Waals surface area contributed by atoms with E-state index in [-0.39, 0.29) is 17.7 Å². The van der Waals surface area contributed by atoms with E-state index in [0.717, 1.165) is 24.2 Å². The van der Waals surface area contributed by atoms with Gasteiger partial charge >= 0.3 is 0 Å². The van der Waals surface area contributed by atoms with Crippen molar-refractivity contribution < 1.29 is 18.3 Å². The molecule has 4 heterocycles. The van der Waals surface area contributed by atoms with Crippen LogP contribution in [0.2, 0.25) is 0 Å². The number of pyridine rings is 1. The highest BCUT2D eigenvalue weighted by atomic mass is 19.3. The minimum absolute atomic E-state index is 0.0201. The molecule has 0 saturated carbocycles. The molecule has 5 rings (SSSR count). The van der Waals surface area contributed by atoms with Gasteiger partial charge in [-0.1, -0.05) is 6.07 Å². The van der Waals surface area contributed by atoms with E-state index < -0.39 is 6.43 Å². The number of hydrogen-bond donors (Lipinski definition) is 0. The van der Waals surface area contributed by atoms with Crippen molar-refractivity contribution in [3.05, 3.63) is 48.2 Å². The summed E-state index contributed by atoms with van der Waals surface area (Å²) in [7, 11) is 1.60. The summed E-state index contributed by atoms with van der Waals surface area (Å²) in [5, 5.41) is 5.04. The van der Waals surface area contributed by atoms with Crippen LogP contribution >= 0.6 is 0 Å². The Hall–Kier alpha value is -3.07. The van der Waals surface area contributed by atoms with Crippen molar-refractivity contribution in [2.75, 3.05) is 13.7 Å². The standard InChI is InChI=1S/C22H23F2N5O2/c1-13-7-15(5-6-31-13)29-20(12-28-11-16(30-2)9-26-28)27-19-10-25-18-4-3-14(22(23)24)8-17(18)21(19)29/h3-4,8-11,13,15,22H,5-7,12H2,1-2H3/t13-,15-/m1/s1. The average molecular weight is 427 g/mol. The van der Waals surface area contributed by atoms with Gasteiger partial charge in [-0.2, -0.15) is 5.10 Å². The molecule has 3 aromatic heterocycles. The van der Waals surface area contributed by atoms with Crippen LogP contribution in [-0.4, -0.2) is 44.1 Å². The van der Waals surface area contributed by atoms with Crippen LogP contribution in [-0.2, 0) is 11.3 Å². The molecular weight excluding hydrogens is 404 g/mol. The van der Waals surface area contributed by atoms with Gasteiger partial charge in [0.15, 0.2) is 5.75 Å². The maximum Gasteiger partial charge on any atom is 0.263 e. The molecule has 4 aromatic rings. The Kier molecular flexibility index (Phi) is 5.05. The summed E-state index contributed by atoms with van der Waals surface area (Å²) in [5.41, 5.74) is 2.17. The van der Waals surface area contributed by atoms with Crippen LogP contribution in [0, 0.1) is 0 Å². The summed E-state index contributed by atoms with van der Waals surface area (Å²) >= 11 is 0. The first-order valence-corrected chi connectivity index (χ1v) is 10.3. The van der Waals surface area contributed by atoms with Gasteiger partial charge in [0.2, 0.25) is 0 Å². The van der Waals surface area contributed by atoms with Crippen molar-refractivity contribution in [3.8, 4) is 5.75 Å². The van der Waals surface area contributed by atoms with Crippen molar-refractivity contribution in [3.63, 3.8) is 0 Å². The lowest BCUT2D eigenvalue weighted by Gasteiger charge is -2.30. The van der Waals surface area contributed by atoms with E-state index in [1.165, 1.54) is 12.1 Å². The summed E-state index contributed by atoms with van der Waals surface area (Å²) in [6.45, 7) is 3.13. The van der Waals surface area contributed by atoms with Crippen molar-refractivity contribution >= 4 is 21.9 Å². The smallest absolute Gasteiger partial charge is 0.263 e. The normalized spacial score (nSPS) is 19.5. The number of benzene rings is 1. The van der Waals surface area contributed by atoms with E-state index in [9.17, 15) is 8.78 Å². The third kappa shape index (κ3) is 3.63. The number of imidazole rings is 1. The van der Waals surface area contributed by atoms with E-state index in [1.807, 2.05) is 6.20 Å². The van der Waals surface area contributed by atoms with Crippen LogP contribution < -0.4 is 4.74 Å². The SMILES string of the molecule is COc1cnn(Cc2nc3cnc4ccc(C(F)F)cc4c3n2[C@@H]2CCO[C@H](C)C2)c1. The molecule has 1 aliphatic rings. The van der Waals surface area contributed by atoms with Gasteiger partial charge in [0, 0.05) is 23.6 Å². The monoisotopic (exact) mass is 427 g/mol. The zero-order valence-electron chi connectivity index (χ0n) is 17.3. The van der Waals surface area contributed by atoms with Gasteiger partial charge in [-0.25, -0.2) is 13.8 Å². The van der Waals surface area contributed by atoms with Gasteiger partial charge < -0.3 is 14.0 Å². The van der Waals surface area contributed by atoms with E-state index >= 15 is 0 Å². The van der Waals surface area contributed by atoms with Gasteiger partial charge in [0.05, 0.1) is 49.4 Å². The molecule has 0 aliphatic carbocycles. The predicted octanol–water partition coefficient (Wildman–Crippen LogP) is 4.52. The first kappa shape index (κ1) is 19.9. The van der Waals surface area contributed by atoms with Crippen LogP contribution in [0.5, 0.6) is 5.75 Å². The molecule has 1 aliphatic heterocycles. The molecule has 1 saturated heterocycles. The Bertz CT molecular complexity index is 1240. The Morgan fingerprint density at radius 3 is 2.87 bits per heavy atom. The molecule has 0 spiro atoms. The maximum absolute atomic E-state index is 13.4. The highest BCUT2D eigenvalue weighted by Gasteiger charge is 2.27. The third-order valence-electron chi connectivity index (χ3n) is 5.84. The third-order valence-corrected chi connectivity index (χ3v) is 5.84. The number of hydrogen-bond acceptors (Lipinski definition) is 5. The molecule has 2 atom stereocenters. The van der Waals surface area contributed by atoms with Crippen LogP contribution in [0.1, 0.15) is 43.6 Å². The lowest BCUT2D eigenvalue weighted by Crippen LogP contribution is -2.27. The van der Waals surface area contributed by atoms with Crippen molar-refractivity contribution in [1.82, 2.24) is 24.3 Å². The molecule has 0 N–H and O–H groups in total. The van der Waals surface area contributed by atoms with E-state index in [1.54, 1.807) is 30.3 Å². The first-order chi connectivity index (χ1) is 15.0. The molecule has 0 radical (unpaired) electrons. The average Bonchev–Trinajstić information content (AvgIpc) is 3.37. The molecular formula is C22H23F2N5O2. The number of aromatic nitrogens is 5. The summed E-state index contributed by atoms with van der Waals surface area (Å²) < 4.78 is 41.8. The Morgan fingerprint density at radius 2 is 2.13 bits per heavy atom. The fraction of sp³-hybridized carbons (Fsp3) is 0.409. The molecule has 1 aromatic carbocycles. The number of halogens is 2. The van der Waals surface area contributed by atoms with Gasteiger partial charge in [0.25, 0.3) is 6.43 Å². The van der Waals surface area contributed by atoms with E-state index in [2.05, 4.69) is 21.6 Å². The van der Waals surface area contributed by atoms with E-state index in [0.29, 0.717) is 35.3 Å². The van der Waals surface area contributed by atoms with Crippen LogP contribution in [0.15, 0.2) is 36.8 Å². The van der Waals surface area contributed by atoms with Crippen molar-refractivity contribution in [1.29, 1.82) is 0 Å². The number of ether oxygens (including phenoxy) is 2. The minimum atomic E-state index is -2.55. The fourth-order valence-corrected chi connectivity index (χ4v) is 4.37. The number of nitrogens with zero attached hydrogens (tertiary/aromatic N) is 5. The number of rotatable bonds is 5.